The molecule has 0 aliphatic heterocycles. The monoisotopic (exact) mass is 1330 g/mol. The molecule has 0 radical (unpaired) electrons. The maximum absolute atomic E-state index is 3.58. The minimum absolute atomic E-state index is 1.13. The third kappa shape index (κ3) is 16.2. The standard InChI is InChI=1S/C40H42.C16H8Br2.C12H17.3C4H9.Sn/c1-3-5-7-9-11-29-13-17-31(18-14-29)37-25-33-21-23-35-27-38(28-36-24-22-34(26-37)39(33)40(35)36)32-19-15-30(16-20-32)12-10-8-6-4-2;17-13-5-9-1-2-10-6-14(18)8-12-4-3-11(7-13)15(9)16(10)12;1-2-3-4-6-9-12-10-7-5-8-11-12;3*1-3-4-2;/h13-28H,3-12H2,1-2H3;1-8H;7-8,10-11H,2-4,6,9H2,1H3;3*1,3-4H2,2H3;. The molecule has 3 heteroatoms. The Labute approximate surface area is 521 Å². The van der Waals surface area contributed by atoms with Gasteiger partial charge in [0.2, 0.25) is 0 Å². The molecule has 83 heavy (non-hydrogen) atoms. The largest absolute Gasteiger partial charge is 0.0654 e. The zero-order valence-electron chi connectivity index (χ0n) is 51.4. The van der Waals surface area contributed by atoms with Gasteiger partial charge in [0.05, 0.1) is 0 Å². The SMILES string of the molecule is Brc1cc2ccc3cc(Br)cc4ccc(c1)c2c34.CCCCCCc1cc[c]([Sn]([CH2]CCC)([CH2]CCC)[CH2]CCC)cc1.CCCCCCc1ccc(-c2cc3ccc4cc(-c5ccc(CCCCCC)cc5)cc5ccc(c2)c3c45)cc1. The second-order valence-electron chi connectivity index (χ2n) is 24.4. The van der Waals surface area contributed by atoms with E-state index in [0.717, 1.165) is 8.95 Å². The number of benzene rings is 11. The zero-order valence-corrected chi connectivity index (χ0v) is 57.4. The van der Waals surface area contributed by atoms with E-state index in [1.165, 1.54) is 233 Å². The van der Waals surface area contributed by atoms with E-state index in [0.29, 0.717) is 0 Å². The van der Waals surface area contributed by atoms with E-state index < -0.39 is 18.4 Å². The summed E-state index contributed by atoms with van der Waals surface area (Å²) in [5.41, 5.74) is 9.70. The van der Waals surface area contributed by atoms with Gasteiger partial charge in [-0.1, -0.05) is 181 Å². The van der Waals surface area contributed by atoms with Crippen LogP contribution in [0.2, 0.25) is 13.3 Å². The summed E-state index contributed by atoms with van der Waals surface area (Å²) >= 11 is 4.97. The van der Waals surface area contributed by atoms with E-state index in [2.05, 4.69) is 243 Å². The molecule has 11 rings (SSSR count). The summed E-state index contributed by atoms with van der Waals surface area (Å²) in [6, 6.07) is 65.0. The van der Waals surface area contributed by atoms with E-state index >= 15 is 0 Å². The molecule has 0 bridgehead atoms. The normalized spacial score (nSPS) is 11.8. The average Bonchev–Trinajstić information content (AvgIpc) is 3.64. The predicted octanol–water partition coefficient (Wildman–Crippen LogP) is 26.1. The Kier molecular flexibility index (Phi) is 23.9. The molecule has 0 amide bonds. The van der Waals surface area contributed by atoms with Gasteiger partial charge in [-0.3, -0.25) is 0 Å². The van der Waals surface area contributed by atoms with Gasteiger partial charge in [0, 0.05) is 8.95 Å². The van der Waals surface area contributed by atoms with Crippen LogP contribution in [0.3, 0.4) is 0 Å². The second kappa shape index (κ2) is 31.6. The van der Waals surface area contributed by atoms with Crippen molar-refractivity contribution in [1.29, 1.82) is 0 Å². The van der Waals surface area contributed by atoms with Crippen molar-refractivity contribution >= 4 is 118 Å². The van der Waals surface area contributed by atoms with E-state index in [9.17, 15) is 0 Å². The predicted molar refractivity (Wildman–Crippen MR) is 381 cm³/mol. The Balaban J connectivity index is 0.000000164. The number of hydrogen-bond acceptors (Lipinski definition) is 0. The van der Waals surface area contributed by atoms with Crippen LogP contribution in [0.15, 0.2) is 179 Å². The van der Waals surface area contributed by atoms with E-state index in [1.54, 1.807) is 18.9 Å². The fourth-order valence-corrected chi connectivity index (χ4v) is 30.2. The van der Waals surface area contributed by atoms with Crippen molar-refractivity contribution < 1.29 is 0 Å². The summed E-state index contributed by atoms with van der Waals surface area (Å²) < 4.78 is 8.86. The molecule has 0 saturated heterocycles. The van der Waals surface area contributed by atoms with E-state index in [-0.39, 0.29) is 0 Å². The summed E-state index contributed by atoms with van der Waals surface area (Å²) in [7, 11) is 0. The molecule has 0 saturated carbocycles. The van der Waals surface area contributed by atoms with Gasteiger partial charge in [-0.2, -0.15) is 0 Å². The Morgan fingerprint density at radius 2 is 0.506 bits per heavy atom. The number of halogens is 2. The summed E-state index contributed by atoms with van der Waals surface area (Å²) in [6.45, 7) is 14.0. The van der Waals surface area contributed by atoms with Crippen molar-refractivity contribution in [2.45, 2.75) is 190 Å². The smallest absolute Gasteiger partial charge is 0.00264 e. The number of aryl methyl sites for hydroxylation is 3. The first-order chi connectivity index (χ1) is 40.7. The quantitative estimate of drug-likeness (QED) is 0.0273. The van der Waals surface area contributed by atoms with E-state index in [4.69, 9.17) is 0 Å². The molecule has 0 N–H and O–H groups in total. The van der Waals surface area contributed by atoms with Crippen LogP contribution in [-0.2, 0) is 19.3 Å². The first-order valence-corrected chi connectivity index (χ1v) is 41.8. The molecular weight excluding hydrogens is 1240 g/mol. The number of rotatable bonds is 27. The van der Waals surface area contributed by atoms with Crippen molar-refractivity contribution in [3.63, 3.8) is 0 Å². The molecule has 11 aromatic carbocycles. The molecule has 0 unspecified atom stereocenters. The fourth-order valence-electron chi connectivity index (χ4n) is 13.3. The molecule has 0 heterocycles. The van der Waals surface area contributed by atoms with Crippen LogP contribution in [0.25, 0.3) is 86.9 Å². The van der Waals surface area contributed by atoms with Gasteiger partial charge in [0.15, 0.2) is 0 Å². The maximum Gasteiger partial charge on any atom is -0.00264 e. The summed E-state index contributed by atoms with van der Waals surface area (Å²) in [6.07, 6.45) is 28.1. The third-order valence-corrected chi connectivity index (χ3v) is 34.7. The van der Waals surface area contributed by atoms with Gasteiger partial charge in [0.25, 0.3) is 0 Å². The first-order valence-electron chi connectivity index (χ1n) is 32.7. The molecule has 0 aliphatic carbocycles. The summed E-state index contributed by atoms with van der Waals surface area (Å²) in [5.74, 6) is 0. The molecular formula is C80H94Br2Sn. The van der Waals surface area contributed by atoms with Gasteiger partial charge in [0.1, 0.15) is 0 Å². The summed E-state index contributed by atoms with van der Waals surface area (Å²) in [4.78, 5) is 0. The third-order valence-electron chi connectivity index (χ3n) is 18.1. The first kappa shape index (κ1) is 62.8. The fraction of sp³-hybridized carbons (Fsp3) is 0.375. The molecule has 0 aliphatic rings. The minimum atomic E-state index is -2.19. The van der Waals surface area contributed by atoms with Crippen molar-refractivity contribution in [2.24, 2.45) is 0 Å². The van der Waals surface area contributed by atoms with Crippen LogP contribution >= 0.6 is 31.9 Å². The topological polar surface area (TPSA) is 0 Å². The van der Waals surface area contributed by atoms with Gasteiger partial charge in [-0.05, 0) is 172 Å². The molecule has 0 fully saturated rings. The van der Waals surface area contributed by atoms with Gasteiger partial charge in [-0.25, -0.2) is 0 Å². The van der Waals surface area contributed by atoms with Crippen molar-refractivity contribution in [1.82, 2.24) is 0 Å². The Morgan fingerprint density at radius 1 is 0.253 bits per heavy atom. The Morgan fingerprint density at radius 3 is 0.771 bits per heavy atom. The molecule has 432 valence electrons. The van der Waals surface area contributed by atoms with Crippen molar-refractivity contribution in [3.8, 4) is 22.3 Å². The van der Waals surface area contributed by atoms with Crippen LogP contribution in [-0.4, -0.2) is 18.4 Å². The maximum atomic E-state index is 3.58. The van der Waals surface area contributed by atoms with Crippen LogP contribution < -0.4 is 3.58 Å². The van der Waals surface area contributed by atoms with Crippen molar-refractivity contribution in [2.75, 3.05) is 0 Å². The number of hydrogen-bond donors (Lipinski definition) is 0. The zero-order chi connectivity index (χ0) is 58.0. The Hall–Kier alpha value is -4.74. The van der Waals surface area contributed by atoms with E-state index in [1.807, 2.05) is 3.58 Å². The van der Waals surface area contributed by atoms with Crippen LogP contribution in [0, 0.1) is 0 Å². The summed E-state index contributed by atoms with van der Waals surface area (Å²) in [5, 5.41) is 16.0. The van der Waals surface area contributed by atoms with Gasteiger partial charge >= 0.3 is 163 Å². The molecule has 0 aromatic heterocycles. The molecule has 11 aromatic rings. The minimum Gasteiger partial charge on any atom is -0.0654 e. The number of unbranched alkanes of at least 4 members (excludes halogenated alkanes) is 12. The second-order valence-corrected chi connectivity index (χ2v) is 39.5. The molecule has 0 atom stereocenters. The van der Waals surface area contributed by atoms with Gasteiger partial charge < -0.3 is 0 Å². The van der Waals surface area contributed by atoms with Crippen molar-refractivity contribution in [3.05, 3.63) is 195 Å². The Bertz CT molecular complexity index is 3360. The van der Waals surface area contributed by atoms with Crippen LogP contribution in [0.5, 0.6) is 0 Å². The van der Waals surface area contributed by atoms with Crippen LogP contribution in [0.1, 0.15) is 174 Å². The molecule has 0 nitrogen and oxygen atoms in total. The average molecular weight is 1330 g/mol. The van der Waals surface area contributed by atoms with Gasteiger partial charge in [-0.15, -0.1) is 0 Å². The van der Waals surface area contributed by atoms with Crippen LogP contribution in [0.4, 0.5) is 0 Å². The molecule has 0 spiro atoms.